The summed E-state index contributed by atoms with van der Waals surface area (Å²) in [5.74, 6) is 0.0995. The molecule has 4 nitrogen and oxygen atoms in total. The maximum Gasteiger partial charge on any atom is 0.193 e. The van der Waals surface area contributed by atoms with Crippen LogP contribution in [-0.4, -0.2) is 14.5 Å². The second-order valence-electron chi connectivity index (χ2n) is 6.44. The average Bonchev–Trinajstić information content (AvgIpc) is 2.93. The van der Waals surface area contributed by atoms with Crippen LogP contribution in [0.2, 0.25) is 0 Å². The minimum Gasteiger partial charge on any atom is -0.508 e. The van der Waals surface area contributed by atoms with Crippen molar-refractivity contribution in [1.29, 1.82) is 0 Å². The molecule has 0 aliphatic carbocycles. The normalized spacial score (nSPS) is 11.7. The lowest BCUT2D eigenvalue weighted by Crippen LogP contribution is -2.12. The predicted octanol–water partition coefficient (Wildman–Crippen LogP) is 4.50. The SMILES string of the molecule is O=c1c(Cc2cccnc2)cn2c3ccc(Br)cc3c3cc(O)cc1c32. The van der Waals surface area contributed by atoms with Crippen molar-refractivity contribution < 1.29 is 5.11 Å². The summed E-state index contributed by atoms with van der Waals surface area (Å²) >= 11 is 3.51. The molecule has 5 aromatic rings. The van der Waals surface area contributed by atoms with E-state index in [0.29, 0.717) is 17.4 Å². The number of nitrogens with zero attached hydrogens (tertiary/aromatic N) is 2. The molecule has 126 valence electrons. The van der Waals surface area contributed by atoms with E-state index in [1.165, 1.54) is 0 Å². The third-order valence-corrected chi connectivity index (χ3v) is 5.28. The monoisotopic (exact) mass is 404 g/mol. The highest BCUT2D eigenvalue weighted by Gasteiger charge is 2.17. The molecule has 0 unspecified atom stereocenters. The lowest BCUT2D eigenvalue weighted by Gasteiger charge is -2.07. The number of aromatic nitrogens is 2. The molecule has 0 bridgehead atoms. The van der Waals surface area contributed by atoms with Crippen molar-refractivity contribution in [2.45, 2.75) is 6.42 Å². The van der Waals surface area contributed by atoms with Gasteiger partial charge in [-0.1, -0.05) is 22.0 Å². The lowest BCUT2D eigenvalue weighted by molar-refractivity contribution is 0.477. The molecule has 2 aromatic carbocycles. The Kier molecular flexibility index (Phi) is 3.27. The van der Waals surface area contributed by atoms with E-state index >= 15 is 0 Å². The molecule has 5 rings (SSSR count). The number of rotatable bonds is 2. The summed E-state index contributed by atoms with van der Waals surface area (Å²) in [6.07, 6.45) is 5.90. The molecule has 0 saturated heterocycles. The zero-order valence-corrected chi connectivity index (χ0v) is 15.2. The van der Waals surface area contributed by atoms with Crippen LogP contribution in [0.3, 0.4) is 0 Å². The standard InChI is InChI=1S/C21H13BrN2O2/c22-14-3-4-19-16(7-14)17-8-15(25)9-18-20(17)24(19)11-13(21(18)26)6-12-2-1-5-23-10-12/h1-5,7-11,25H,6H2. The highest BCUT2D eigenvalue weighted by atomic mass is 79.9. The number of benzene rings is 2. The second kappa shape index (κ2) is 5.54. The Morgan fingerprint density at radius 3 is 2.73 bits per heavy atom. The van der Waals surface area contributed by atoms with Crippen molar-refractivity contribution in [2.24, 2.45) is 0 Å². The zero-order valence-electron chi connectivity index (χ0n) is 13.6. The van der Waals surface area contributed by atoms with Crippen LogP contribution in [0.4, 0.5) is 0 Å². The van der Waals surface area contributed by atoms with Gasteiger partial charge < -0.3 is 9.51 Å². The van der Waals surface area contributed by atoms with E-state index in [9.17, 15) is 9.90 Å². The molecule has 0 amide bonds. The van der Waals surface area contributed by atoms with Crippen LogP contribution in [0.15, 0.2) is 70.3 Å². The van der Waals surface area contributed by atoms with Gasteiger partial charge in [0.05, 0.1) is 16.4 Å². The molecule has 3 aromatic heterocycles. The van der Waals surface area contributed by atoms with Gasteiger partial charge in [-0.2, -0.15) is 0 Å². The fourth-order valence-corrected chi connectivity index (χ4v) is 4.04. The van der Waals surface area contributed by atoms with Gasteiger partial charge >= 0.3 is 0 Å². The number of pyridine rings is 2. The third kappa shape index (κ3) is 2.21. The second-order valence-corrected chi connectivity index (χ2v) is 7.36. The number of fused-ring (bicyclic) bond motifs is 3. The average molecular weight is 405 g/mol. The largest absolute Gasteiger partial charge is 0.508 e. The van der Waals surface area contributed by atoms with Crippen LogP contribution in [0.1, 0.15) is 11.1 Å². The molecule has 0 radical (unpaired) electrons. The van der Waals surface area contributed by atoms with E-state index in [2.05, 4.69) is 25.3 Å². The Hall–Kier alpha value is -2.92. The van der Waals surface area contributed by atoms with Gasteiger partial charge in [0.1, 0.15) is 5.75 Å². The summed E-state index contributed by atoms with van der Waals surface area (Å²) in [6.45, 7) is 0. The number of phenols is 1. The summed E-state index contributed by atoms with van der Waals surface area (Å²) in [5.41, 5.74) is 3.45. The Morgan fingerprint density at radius 2 is 1.92 bits per heavy atom. The van der Waals surface area contributed by atoms with Crippen LogP contribution in [0, 0.1) is 0 Å². The Balaban J connectivity index is 1.91. The van der Waals surface area contributed by atoms with E-state index in [0.717, 1.165) is 31.8 Å². The summed E-state index contributed by atoms with van der Waals surface area (Å²) < 4.78 is 3.01. The van der Waals surface area contributed by atoms with Gasteiger partial charge in [-0.05, 0) is 42.0 Å². The van der Waals surface area contributed by atoms with Crippen LogP contribution in [0.25, 0.3) is 27.2 Å². The maximum absolute atomic E-state index is 13.1. The third-order valence-electron chi connectivity index (χ3n) is 4.78. The molecule has 3 heterocycles. The van der Waals surface area contributed by atoms with Crippen molar-refractivity contribution in [3.05, 3.63) is 86.9 Å². The number of aromatic hydroxyl groups is 1. The van der Waals surface area contributed by atoms with Gasteiger partial charge in [-0.15, -0.1) is 0 Å². The van der Waals surface area contributed by atoms with Crippen molar-refractivity contribution in [1.82, 2.24) is 9.38 Å². The highest BCUT2D eigenvalue weighted by Crippen LogP contribution is 2.35. The van der Waals surface area contributed by atoms with Crippen LogP contribution < -0.4 is 5.43 Å². The topological polar surface area (TPSA) is 54.6 Å². The smallest absolute Gasteiger partial charge is 0.193 e. The predicted molar refractivity (Wildman–Crippen MR) is 106 cm³/mol. The van der Waals surface area contributed by atoms with Crippen LogP contribution >= 0.6 is 15.9 Å². The summed E-state index contributed by atoms with van der Waals surface area (Å²) in [4.78, 5) is 17.2. The highest BCUT2D eigenvalue weighted by molar-refractivity contribution is 9.10. The Bertz CT molecular complexity index is 1340. The van der Waals surface area contributed by atoms with E-state index in [4.69, 9.17) is 0 Å². The maximum atomic E-state index is 13.1. The molecule has 1 N–H and O–H groups in total. The molecule has 0 atom stereocenters. The van der Waals surface area contributed by atoms with E-state index in [1.54, 1.807) is 24.5 Å². The molecular formula is C21H13BrN2O2. The molecule has 5 heteroatoms. The first-order chi connectivity index (χ1) is 12.6. The number of phenolic OH excluding ortho intramolecular Hbond substituents is 1. The minimum absolute atomic E-state index is 0.0517. The van der Waals surface area contributed by atoms with E-state index in [1.807, 2.05) is 36.5 Å². The summed E-state index contributed by atoms with van der Waals surface area (Å²) in [6, 6.07) is 13.1. The zero-order chi connectivity index (χ0) is 17.8. The van der Waals surface area contributed by atoms with Gasteiger partial charge in [-0.25, -0.2) is 0 Å². The van der Waals surface area contributed by atoms with Crippen molar-refractivity contribution in [3.63, 3.8) is 0 Å². The first-order valence-corrected chi connectivity index (χ1v) is 9.01. The van der Waals surface area contributed by atoms with Gasteiger partial charge in [0.2, 0.25) is 0 Å². The molecule has 26 heavy (non-hydrogen) atoms. The fraction of sp³-hybridized carbons (Fsp3) is 0.0476. The Labute approximate surface area is 156 Å². The number of hydrogen-bond acceptors (Lipinski definition) is 3. The van der Waals surface area contributed by atoms with Crippen molar-refractivity contribution >= 4 is 43.1 Å². The quantitative estimate of drug-likeness (QED) is 0.471. The Morgan fingerprint density at radius 1 is 1.08 bits per heavy atom. The first-order valence-electron chi connectivity index (χ1n) is 8.22. The molecule has 0 aliphatic rings. The summed E-state index contributed by atoms with van der Waals surface area (Å²) in [5, 5.41) is 12.6. The molecule has 0 aliphatic heterocycles. The molecular weight excluding hydrogens is 392 g/mol. The molecule has 0 fully saturated rings. The molecule has 0 saturated carbocycles. The fourth-order valence-electron chi connectivity index (χ4n) is 3.68. The van der Waals surface area contributed by atoms with Gasteiger partial charge in [-0.3, -0.25) is 9.78 Å². The van der Waals surface area contributed by atoms with Crippen LogP contribution in [-0.2, 0) is 6.42 Å². The number of halogens is 1. The van der Waals surface area contributed by atoms with Gasteiger partial charge in [0.25, 0.3) is 0 Å². The summed E-state index contributed by atoms with van der Waals surface area (Å²) in [7, 11) is 0. The van der Waals surface area contributed by atoms with E-state index in [-0.39, 0.29) is 11.2 Å². The van der Waals surface area contributed by atoms with Crippen molar-refractivity contribution in [2.75, 3.05) is 0 Å². The van der Waals surface area contributed by atoms with Crippen molar-refractivity contribution in [3.8, 4) is 5.75 Å². The van der Waals surface area contributed by atoms with Crippen LogP contribution in [0.5, 0.6) is 5.75 Å². The first kappa shape index (κ1) is 15.3. The van der Waals surface area contributed by atoms with E-state index < -0.39 is 0 Å². The number of hydrogen-bond donors (Lipinski definition) is 1. The van der Waals surface area contributed by atoms with Gasteiger partial charge in [0.15, 0.2) is 5.43 Å². The lowest BCUT2D eigenvalue weighted by atomic mass is 10.0. The van der Waals surface area contributed by atoms with Gasteiger partial charge in [0, 0.05) is 45.8 Å². The minimum atomic E-state index is -0.0517. The molecule has 0 spiro atoms.